The molecule has 0 unspecified atom stereocenters. The molecule has 7 heteroatoms. The van der Waals surface area contributed by atoms with Crippen molar-refractivity contribution in [3.05, 3.63) is 48.9 Å². The number of pyridine rings is 1. The van der Waals surface area contributed by atoms with Crippen LogP contribution in [0, 0.1) is 0 Å². The lowest BCUT2D eigenvalue weighted by Gasteiger charge is -2.22. The topological polar surface area (TPSA) is 84.3 Å². The molecular weight excluding hydrogens is 374 g/mol. The molecule has 0 amide bonds. The van der Waals surface area contributed by atoms with Crippen LogP contribution in [0.3, 0.4) is 0 Å². The Labute approximate surface area is 176 Å². The monoisotopic (exact) mass is 401 g/mol. The molecule has 1 aliphatic rings. The zero-order valence-corrected chi connectivity index (χ0v) is 17.3. The molecule has 5 heterocycles. The highest BCUT2D eigenvalue weighted by Gasteiger charge is 2.17. The molecule has 4 aromatic heterocycles. The second kappa shape index (κ2) is 8.36. The molecule has 0 aromatic carbocycles. The van der Waals surface area contributed by atoms with E-state index in [1.807, 2.05) is 18.6 Å². The number of nitrogens with one attached hydrogen (secondary N) is 2. The van der Waals surface area contributed by atoms with Crippen molar-refractivity contribution in [1.82, 2.24) is 35.0 Å². The van der Waals surface area contributed by atoms with Crippen molar-refractivity contribution in [3.63, 3.8) is 0 Å². The van der Waals surface area contributed by atoms with Crippen LogP contribution in [0.25, 0.3) is 33.4 Å². The van der Waals surface area contributed by atoms with Gasteiger partial charge in [-0.25, -0.2) is 15.0 Å². The largest absolute Gasteiger partial charge is 0.345 e. The Kier molecular flexibility index (Phi) is 5.27. The van der Waals surface area contributed by atoms with Gasteiger partial charge in [0.1, 0.15) is 12.0 Å². The van der Waals surface area contributed by atoms with Gasteiger partial charge in [-0.2, -0.15) is 5.10 Å². The lowest BCUT2D eigenvalue weighted by atomic mass is 10.1. The van der Waals surface area contributed by atoms with Gasteiger partial charge in [0.25, 0.3) is 0 Å². The molecule has 7 nitrogen and oxygen atoms in total. The van der Waals surface area contributed by atoms with E-state index in [1.165, 1.54) is 0 Å². The Hall–Kier alpha value is -3.06. The fraction of sp³-hybridized carbons (Fsp3) is 0.391. The molecule has 0 saturated carbocycles. The molecular formula is C23H27N7. The summed E-state index contributed by atoms with van der Waals surface area (Å²) >= 11 is 0. The average molecular weight is 402 g/mol. The number of aryl methyl sites for hydroxylation is 1. The number of nitrogens with zero attached hydrogens (tertiary/aromatic N) is 5. The number of aromatic nitrogens is 6. The van der Waals surface area contributed by atoms with Crippen molar-refractivity contribution < 1.29 is 0 Å². The summed E-state index contributed by atoms with van der Waals surface area (Å²) in [5, 5.41) is 9.12. The maximum absolute atomic E-state index is 4.65. The standard InChI is InChI=1S/C23H27N7/c1-2-3-4-18-10-22(28-15-27-18)21-13-26-23-20(21)9-16(11-25-23)17-12-29-30(14-17)19-5-7-24-8-6-19/h9-15,19,24H,2-8H2,1H3,(H,25,26). The normalized spacial score (nSPS) is 15.1. The number of fused-ring (bicyclic) bond motifs is 1. The van der Waals surface area contributed by atoms with Gasteiger partial charge < -0.3 is 10.3 Å². The maximum atomic E-state index is 4.65. The van der Waals surface area contributed by atoms with Crippen LogP contribution >= 0.6 is 0 Å². The average Bonchev–Trinajstić information content (AvgIpc) is 3.45. The Bertz CT molecular complexity index is 1140. The zero-order valence-electron chi connectivity index (χ0n) is 17.3. The molecule has 2 N–H and O–H groups in total. The summed E-state index contributed by atoms with van der Waals surface area (Å²) in [5.41, 5.74) is 6.12. The minimum atomic E-state index is 0.474. The number of rotatable bonds is 6. The van der Waals surface area contributed by atoms with Gasteiger partial charge in [0, 0.05) is 46.4 Å². The Morgan fingerprint density at radius 3 is 2.83 bits per heavy atom. The summed E-state index contributed by atoms with van der Waals surface area (Å²) < 4.78 is 2.11. The van der Waals surface area contributed by atoms with Gasteiger partial charge in [-0.1, -0.05) is 13.3 Å². The van der Waals surface area contributed by atoms with E-state index in [2.05, 4.69) is 60.3 Å². The lowest BCUT2D eigenvalue weighted by Crippen LogP contribution is -2.29. The second-order valence-corrected chi connectivity index (χ2v) is 8.01. The number of H-pyrrole nitrogens is 1. The first kappa shape index (κ1) is 18.9. The van der Waals surface area contributed by atoms with E-state index in [1.54, 1.807) is 6.33 Å². The molecule has 154 valence electrons. The summed E-state index contributed by atoms with van der Waals surface area (Å²) in [5.74, 6) is 0. The van der Waals surface area contributed by atoms with Crippen LogP contribution in [-0.4, -0.2) is 42.8 Å². The van der Waals surface area contributed by atoms with E-state index in [-0.39, 0.29) is 0 Å². The highest BCUT2D eigenvalue weighted by Crippen LogP contribution is 2.31. The molecule has 5 rings (SSSR count). The molecule has 0 atom stereocenters. The van der Waals surface area contributed by atoms with Gasteiger partial charge in [0.2, 0.25) is 0 Å². The number of hydrogen-bond donors (Lipinski definition) is 2. The lowest BCUT2D eigenvalue weighted by molar-refractivity contribution is 0.343. The van der Waals surface area contributed by atoms with E-state index in [0.717, 1.165) is 84.3 Å². The third-order valence-corrected chi connectivity index (χ3v) is 5.93. The van der Waals surface area contributed by atoms with E-state index in [0.29, 0.717) is 6.04 Å². The summed E-state index contributed by atoms with van der Waals surface area (Å²) in [6, 6.07) is 4.76. The third kappa shape index (κ3) is 3.73. The van der Waals surface area contributed by atoms with E-state index < -0.39 is 0 Å². The molecule has 1 aliphatic heterocycles. The minimum absolute atomic E-state index is 0.474. The summed E-state index contributed by atoms with van der Waals surface area (Å²) in [4.78, 5) is 16.9. The molecule has 30 heavy (non-hydrogen) atoms. The van der Waals surface area contributed by atoms with Crippen LogP contribution in [0.15, 0.2) is 43.2 Å². The smallest absolute Gasteiger partial charge is 0.137 e. The zero-order chi connectivity index (χ0) is 20.3. The minimum Gasteiger partial charge on any atom is -0.345 e. The SMILES string of the molecule is CCCCc1cc(-c2c[nH]c3ncc(-c4cnn(C5CCNCC5)c4)cc23)ncn1. The van der Waals surface area contributed by atoms with Crippen LogP contribution in [0.1, 0.15) is 44.3 Å². The van der Waals surface area contributed by atoms with Gasteiger partial charge in [-0.3, -0.25) is 4.68 Å². The van der Waals surface area contributed by atoms with Gasteiger partial charge in [0.05, 0.1) is 17.9 Å². The van der Waals surface area contributed by atoms with Crippen LogP contribution in [-0.2, 0) is 6.42 Å². The molecule has 0 radical (unpaired) electrons. The predicted octanol–water partition coefficient (Wildman–Crippen LogP) is 4.15. The quantitative estimate of drug-likeness (QED) is 0.507. The van der Waals surface area contributed by atoms with Crippen molar-refractivity contribution in [3.8, 4) is 22.4 Å². The Balaban J connectivity index is 1.47. The van der Waals surface area contributed by atoms with Crippen molar-refractivity contribution in [1.29, 1.82) is 0 Å². The summed E-state index contributed by atoms with van der Waals surface area (Å²) in [6.45, 7) is 4.31. The Morgan fingerprint density at radius 2 is 1.97 bits per heavy atom. The summed E-state index contributed by atoms with van der Waals surface area (Å²) in [7, 11) is 0. The highest BCUT2D eigenvalue weighted by atomic mass is 15.3. The van der Waals surface area contributed by atoms with E-state index in [9.17, 15) is 0 Å². The summed E-state index contributed by atoms with van der Waals surface area (Å²) in [6.07, 6.45) is 15.2. The fourth-order valence-corrected chi connectivity index (χ4v) is 4.17. The highest BCUT2D eigenvalue weighted by molar-refractivity contribution is 5.94. The maximum Gasteiger partial charge on any atom is 0.137 e. The molecule has 0 bridgehead atoms. The number of piperidine rings is 1. The molecule has 1 fully saturated rings. The molecule has 0 aliphatic carbocycles. The number of aromatic amines is 1. The first-order valence-corrected chi connectivity index (χ1v) is 10.9. The van der Waals surface area contributed by atoms with Gasteiger partial charge in [-0.05, 0) is 50.9 Å². The number of unbranched alkanes of at least 4 members (excludes halogenated alkanes) is 1. The molecule has 4 aromatic rings. The fourth-order valence-electron chi connectivity index (χ4n) is 4.17. The van der Waals surface area contributed by atoms with E-state index in [4.69, 9.17) is 0 Å². The van der Waals surface area contributed by atoms with Crippen LogP contribution < -0.4 is 5.32 Å². The van der Waals surface area contributed by atoms with Crippen molar-refractivity contribution in [2.24, 2.45) is 0 Å². The van der Waals surface area contributed by atoms with Crippen LogP contribution in [0.5, 0.6) is 0 Å². The van der Waals surface area contributed by atoms with Gasteiger partial charge in [0.15, 0.2) is 0 Å². The third-order valence-electron chi connectivity index (χ3n) is 5.93. The van der Waals surface area contributed by atoms with Crippen molar-refractivity contribution >= 4 is 11.0 Å². The number of hydrogen-bond acceptors (Lipinski definition) is 5. The molecule has 0 spiro atoms. The van der Waals surface area contributed by atoms with Gasteiger partial charge in [-0.15, -0.1) is 0 Å². The van der Waals surface area contributed by atoms with Crippen LogP contribution in [0.2, 0.25) is 0 Å². The van der Waals surface area contributed by atoms with Crippen LogP contribution in [0.4, 0.5) is 0 Å². The first-order valence-electron chi connectivity index (χ1n) is 10.9. The van der Waals surface area contributed by atoms with Crippen molar-refractivity contribution in [2.75, 3.05) is 13.1 Å². The van der Waals surface area contributed by atoms with Gasteiger partial charge >= 0.3 is 0 Å². The Morgan fingerprint density at radius 1 is 1.07 bits per heavy atom. The predicted molar refractivity (Wildman–Crippen MR) is 118 cm³/mol. The molecule has 1 saturated heterocycles. The first-order chi connectivity index (χ1) is 14.8. The van der Waals surface area contributed by atoms with Crippen molar-refractivity contribution in [2.45, 2.75) is 45.1 Å². The second-order valence-electron chi connectivity index (χ2n) is 8.01. The van der Waals surface area contributed by atoms with E-state index >= 15 is 0 Å².